The lowest BCUT2D eigenvalue weighted by molar-refractivity contribution is 0.410. The average molecular weight is 462 g/mol. The maximum Gasteiger partial charge on any atom is 0.191 e. The first-order valence-electron chi connectivity index (χ1n) is 8.30. The molecule has 2 N–H and O–H groups in total. The number of nitrogens with zero attached hydrogens (tertiary/aromatic N) is 2. The molecule has 3 rings (SSSR count). The normalized spacial score (nSPS) is 11.1. The van der Waals surface area contributed by atoms with Crippen molar-refractivity contribution in [2.45, 2.75) is 12.5 Å². The van der Waals surface area contributed by atoms with Gasteiger partial charge in [0, 0.05) is 25.6 Å². The van der Waals surface area contributed by atoms with Gasteiger partial charge in [0.2, 0.25) is 0 Å². The van der Waals surface area contributed by atoms with Crippen LogP contribution in [0.15, 0.2) is 82.5 Å². The number of hydrogen-bond acceptors (Lipinski definition) is 3. The molecule has 0 fully saturated rings. The van der Waals surface area contributed by atoms with Gasteiger partial charge in [-0.05, 0) is 11.1 Å². The largest absolute Gasteiger partial charge is 0.364 e. The summed E-state index contributed by atoms with van der Waals surface area (Å²) in [5, 5.41) is 10.5. The van der Waals surface area contributed by atoms with Gasteiger partial charge in [-0.15, -0.1) is 24.0 Å². The van der Waals surface area contributed by atoms with Gasteiger partial charge in [0.1, 0.15) is 12.0 Å². The fourth-order valence-corrected chi connectivity index (χ4v) is 2.72. The Hall–Kier alpha value is -2.35. The van der Waals surface area contributed by atoms with Crippen LogP contribution in [0.5, 0.6) is 0 Å². The van der Waals surface area contributed by atoms with E-state index in [2.05, 4.69) is 69.3 Å². The highest BCUT2D eigenvalue weighted by Crippen LogP contribution is 2.23. The van der Waals surface area contributed by atoms with Crippen molar-refractivity contribution < 1.29 is 4.52 Å². The third kappa shape index (κ3) is 5.59. The standard InChI is InChI=1S/C20H22N4O.HI/c1-21-20(22-14-18-12-13-25-24-18)23-15-19(16-8-4-2-5-9-16)17-10-6-3-7-11-17;/h2-13,19H,14-15H2,1H3,(H2,21,22,23);1H. The Morgan fingerprint density at radius 1 is 0.962 bits per heavy atom. The van der Waals surface area contributed by atoms with Gasteiger partial charge in [-0.3, -0.25) is 4.99 Å². The SMILES string of the molecule is CN=C(NCc1ccon1)NCC(c1ccccc1)c1ccccc1.I. The van der Waals surface area contributed by atoms with Crippen molar-refractivity contribution in [3.8, 4) is 0 Å². The fraction of sp³-hybridized carbons (Fsp3) is 0.200. The lowest BCUT2D eigenvalue weighted by Gasteiger charge is -2.20. The molecule has 0 aliphatic heterocycles. The molecular formula is C20H23IN4O. The third-order valence-corrected chi connectivity index (χ3v) is 4.03. The molecular weight excluding hydrogens is 439 g/mol. The van der Waals surface area contributed by atoms with Crippen LogP contribution in [0, 0.1) is 0 Å². The maximum absolute atomic E-state index is 4.84. The Bertz CT molecular complexity index is 737. The number of halogens is 1. The highest BCUT2D eigenvalue weighted by molar-refractivity contribution is 14.0. The zero-order valence-electron chi connectivity index (χ0n) is 14.6. The summed E-state index contributed by atoms with van der Waals surface area (Å²) in [6, 6.07) is 22.8. The minimum absolute atomic E-state index is 0. The van der Waals surface area contributed by atoms with Crippen LogP contribution in [-0.4, -0.2) is 24.7 Å². The molecule has 2 aromatic carbocycles. The number of aromatic nitrogens is 1. The molecule has 3 aromatic rings. The van der Waals surface area contributed by atoms with E-state index >= 15 is 0 Å². The topological polar surface area (TPSA) is 62.5 Å². The molecule has 136 valence electrons. The molecule has 0 saturated carbocycles. The first-order chi connectivity index (χ1) is 12.4. The highest BCUT2D eigenvalue weighted by atomic mass is 127. The summed E-state index contributed by atoms with van der Waals surface area (Å²) in [4.78, 5) is 4.28. The van der Waals surface area contributed by atoms with Crippen molar-refractivity contribution >= 4 is 29.9 Å². The van der Waals surface area contributed by atoms with Crippen LogP contribution < -0.4 is 10.6 Å². The molecule has 26 heavy (non-hydrogen) atoms. The molecule has 0 atom stereocenters. The van der Waals surface area contributed by atoms with Crippen LogP contribution in [0.25, 0.3) is 0 Å². The molecule has 0 aliphatic rings. The van der Waals surface area contributed by atoms with Gasteiger partial charge in [0.25, 0.3) is 0 Å². The van der Waals surface area contributed by atoms with Crippen molar-refractivity contribution in [2.75, 3.05) is 13.6 Å². The van der Waals surface area contributed by atoms with Gasteiger partial charge in [-0.2, -0.15) is 0 Å². The number of hydrogen-bond donors (Lipinski definition) is 2. The van der Waals surface area contributed by atoms with Crippen molar-refractivity contribution in [1.82, 2.24) is 15.8 Å². The van der Waals surface area contributed by atoms with Gasteiger partial charge in [-0.25, -0.2) is 0 Å². The van der Waals surface area contributed by atoms with Crippen LogP contribution in [0.1, 0.15) is 22.7 Å². The highest BCUT2D eigenvalue weighted by Gasteiger charge is 2.14. The second-order valence-electron chi connectivity index (χ2n) is 5.67. The zero-order valence-corrected chi connectivity index (χ0v) is 17.0. The fourth-order valence-electron chi connectivity index (χ4n) is 2.72. The Morgan fingerprint density at radius 2 is 1.58 bits per heavy atom. The Morgan fingerprint density at radius 3 is 2.08 bits per heavy atom. The molecule has 6 heteroatoms. The van der Waals surface area contributed by atoms with Crippen molar-refractivity contribution in [1.29, 1.82) is 0 Å². The predicted octanol–water partition coefficient (Wildman–Crippen LogP) is 3.79. The summed E-state index contributed by atoms with van der Waals surface area (Å²) in [5.41, 5.74) is 3.38. The van der Waals surface area contributed by atoms with Crippen molar-refractivity contribution in [3.05, 3.63) is 89.8 Å². The molecule has 1 heterocycles. The van der Waals surface area contributed by atoms with E-state index in [1.807, 2.05) is 18.2 Å². The average Bonchev–Trinajstić information content (AvgIpc) is 3.20. The van der Waals surface area contributed by atoms with Crippen LogP contribution in [0.3, 0.4) is 0 Å². The third-order valence-electron chi connectivity index (χ3n) is 4.03. The molecule has 0 radical (unpaired) electrons. The molecule has 0 saturated heterocycles. The molecule has 0 spiro atoms. The van der Waals surface area contributed by atoms with Crippen molar-refractivity contribution in [2.24, 2.45) is 4.99 Å². The van der Waals surface area contributed by atoms with Gasteiger partial charge in [0.15, 0.2) is 5.96 Å². The van der Waals surface area contributed by atoms with E-state index in [9.17, 15) is 0 Å². The van der Waals surface area contributed by atoms with Gasteiger partial charge >= 0.3 is 0 Å². The molecule has 1 aromatic heterocycles. The number of guanidine groups is 1. The van der Waals surface area contributed by atoms with E-state index in [4.69, 9.17) is 4.52 Å². The quantitative estimate of drug-likeness (QED) is 0.333. The number of benzene rings is 2. The van der Waals surface area contributed by atoms with Crippen molar-refractivity contribution in [3.63, 3.8) is 0 Å². The van der Waals surface area contributed by atoms with E-state index < -0.39 is 0 Å². The van der Waals surface area contributed by atoms with Crippen LogP contribution in [-0.2, 0) is 6.54 Å². The van der Waals surface area contributed by atoms with Gasteiger partial charge in [0.05, 0.1) is 6.54 Å². The monoisotopic (exact) mass is 462 g/mol. The van der Waals surface area contributed by atoms with Crippen LogP contribution in [0.2, 0.25) is 0 Å². The van der Waals surface area contributed by atoms with E-state index in [1.54, 1.807) is 13.3 Å². The van der Waals surface area contributed by atoms with Crippen LogP contribution >= 0.6 is 24.0 Å². The van der Waals surface area contributed by atoms with Crippen LogP contribution in [0.4, 0.5) is 0 Å². The summed E-state index contributed by atoms with van der Waals surface area (Å²) in [6.45, 7) is 1.31. The van der Waals surface area contributed by atoms with E-state index in [-0.39, 0.29) is 29.9 Å². The van der Waals surface area contributed by atoms with E-state index in [1.165, 1.54) is 11.1 Å². The van der Waals surface area contributed by atoms with Gasteiger partial charge < -0.3 is 15.2 Å². The Kier molecular flexibility index (Phi) is 8.14. The summed E-state index contributed by atoms with van der Waals surface area (Å²) in [6.07, 6.45) is 1.56. The zero-order chi connectivity index (χ0) is 17.3. The Labute approximate surface area is 170 Å². The number of nitrogens with one attached hydrogen (secondary N) is 2. The molecule has 5 nitrogen and oxygen atoms in total. The molecule has 0 unspecified atom stereocenters. The maximum atomic E-state index is 4.84. The molecule has 0 aliphatic carbocycles. The summed E-state index contributed by atoms with van der Waals surface area (Å²) < 4.78 is 4.84. The predicted molar refractivity (Wildman–Crippen MR) is 115 cm³/mol. The van der Waals surface area contributed by atoms with Gasteiger partial charge in [-0.1, -0.05) is 65.8 Å². The smallest absolute Gasteiger partial charge is 0.191 e. The second-order valence-corrected chi connectivity index (χ2v) is 5.67. The minimum Gasteiger partial charge on any atom is -0.364 e. The molecule has 0 amide bonds. The second kappa shape index (κ2) is 10.6. The first-order valence-corrected chi connectivity index (χ1v) is 8.30. The lowest BCUT2D eigenvalue weighted by Crippen LogP contribution is -2.39. The Balaban J connectivity index is 0.00000243. The summed E-state index contributed by atoms with van der Waals surface area (Å²) in [5.74, 6) is 0.980. The number of aliphatic imine (C=N–C) groups is 1. The minimum atomic E-state index is 0. The summed E-state index contributed by atoms with van der Waals surface area (Å²) >= 11 is 0. The van der Waals surface area contributed by atoms with E-state index in [0.29, 0.717) is 6.54 Å². The number of rotatable bonds is 6. The summed E-state index contributed by atoms with van der Waals surface area (Å²) in [7, 11) is 1.76. The molecule has 0 bridgehead atoms. The van der Waals surface area contributed by atoms with E-state index in [0.717, 1.165) is 18.2 Å². The first kappa shape index (κ1) is 20.0. The lowest BCUT2D eigenvalue weighted by atomic mass is 9.91.